The van der Waals surface area contributed by atoms with Gasteiger partial charge in [0.2, 0.25) is 0 Å². The molecule has 2 rings (SSSR count). The molecule has 0 spiro atoms. The minimum absolute atomic E-state index is 0.552. The quantitative estimate of drug-likeness (QED) is 0.926. The molecule has 0 aliphatic carbocycles. The monoisotopic (exact) mass is 269 g/mol. The molecule has 17 heavy (non-hydrogen) atoms. The van der Waals surface area contributed by atoms with Crippen molar-refractivity contribution in [2.75, 3.05) is 5.73 Å². The van der Waals surface area contributed by atoms with Gasteiger partial charge in [-0.05, 0) is 24.5 Å². The third-order valence-corrected chi connectivity index (χ3v) is 3.85. The van der Waals surface area contributed by atoms with Crippen LogP contribution in [0.4, 0.5) is 5.82 Å². The molecule has 0 radical (unpaired) electrons. The first-order valence-corrected chi connectivity index (χ1v) is 6.75. The lowest BCUT2D eigenvalue weighted by Crippen LogP contribution is -2.01. The van der Waals surface area contributed by atoms with Gasteiger partial charge in [-0.1, -0.05) is 25.4 Å². The molecule has 2 aromatic heterocycles. The third kappa shape index (κ3) is 2.48. The molecule has 0 aromatic carbocycles. The zero-order valence-corrected chi connectivity index (χ0v) is 11.8. The molecule has 3 nitrogen and oxygen atoms in total. The van der Waals surface area contributed by atoms with Gasteiger partial charge in [-0.2, -0.15) is 5.10 Å². The fourth-order valence-corrected chi connectivity index (χ4v) is 2.89. The average molecular weight is 270 g/mol. The molecule has 0 unspecified atom stereocenters. The number of aryl methyl sites for hydroxylation is 1. The van der Waals surface area contributed by atoms with Crippen molar-refractivity contribution in [2.24, 2.45) is 13.0 Å². The number of hydrogen-bond acceptors (Lipinski definition) is 3. The summed E-state index contributed by atoms with van der Waals surface area (Å²) in [5.41, 5.74) is 8.16. The smallest absolute Gasteiger partial charge is 0.125 e. The number of nitrogens with zero attached hydrogens (tertiary/aromatic N) is 2. The van der Waals surface area contributed by atoms with E-state index in [2.05, 4.69) is 18.9 Å². The molecule has 0 fully saturated rings. The first-order chi connectivity index (χ1) is 7.99. The highest BCUT2D eigenvalue weighted by Gasteiger charge is 2.17. The van der Waals surface area contributed by atoms with Gasteiger partial charge in [-0.15, -0.1) is 11.3 Å². The van der Waals surface area contributed by atoms with Gasteiger partial charge in [0.05, 0.1) is 9.21 Å². The van der Waals surface area contributed by atoms with Gasteiger partial charge in [0.1, 0.15) is 11.5 Å². The van der Waals surface area contributed by atoms with Crippen molar-refractivity contribution in [1.29, 1.82) is 0 Å². The Morgan fingerprint density at radius 3 is 2.71 bits per heavy atom. The van der Waals surface area contributed by atoms with Crippen LogP contribution in [0.5, 0.6) is 0 Å². The molecule has 0 bridgehead atoms. The maximum atomic E-state index is 6.07. The molecule has 0 saturated heterocycles. The summed E-state index contributed by atoms with van der Waals surface area (Å²) in [6.45, 7) is 4.36. The van der Waals surface area contributed by atoms with Crippen LogP contribution in [-0.2, 0) is 13.5 Å². The predicted octanol–water partition coefficient (Wildman–Crippen LogP) is 3.58. The highest BCUT2D eigenvalue weighted by molar-refractivity contribution is 7.19. The summed E-state index contributed by atoms with van der Waals surface area (Å²) >= 11 is 7.51. The number of aromatic nitrogens is 2. The highest BCUT2D eigenvalue weighted by Crippen LogP contribution is 2.35. The van der Waals surface area contributed by atoms with Gasteiger partial charge in [-0.3, -0.25) is 4.68 Å². The van der Waals surface area contributed by atoms with E-state index >= 15 is 0 Å². The number of nitrogen functional groups attached to an aromatic ring is 1. The normalized spacial score (nSPS) is 11.4. The van der Waals surface area contributed by atoms with E-state index < -0.39 is 0 Å². The van der Waals surface area contributed by atoms with Gasteiger partial charge in [-0.25, -0.2) is 0 Å². The van der Waals surface area contributed by atoms with Crippen molar-refractivity contribution >= 4 is 28.8 Å². The summed E-state index contributed by atoms with van der Waals surface area (Å²) in [5, 5.41) is 4.49. The Balaban J connectivity index is 2.49. The molecule has 0 aliphatic rings. The molecule has 0 saturated carbocycles. The first-order valence-electron chi connectivity index (χ1n) is 5.56. The average Bonchev–Trinajstić information content (AvgIpc) is 2.77. The van der Waals surface area contributed by atoms with Gasteiger partial charge in [0, 0.05) is 12.6 Å². The minimum Gasteiger partial charge on any atom is -0.384 e. The highest BCUT2D eigenvalue weighted by atomic mass is 35.5. The molecule has 5 heteroatoms. The van der Waals surface area contributed by atoms with Crippen LogP contribution in [0.15, 0.2) is 12.1 Å². The molecule has 2 N–H and O–H groups in total. The third-order valence-electron chi connectivity index (χ3n) is 2.61. The zero-order chi connectivity index (χ0) is 12.6. The summed E-state index contributed by atoms with van der Waals surface area (Å²) in [5.74, 6) is 1.30. The van der Waals surface area contributed by atoms with E-state index in [-0.39, 0.29) is 0 Å². The molecule has 0 atom stereocenters. The Labute approximate surface area is 110 Å². The number of nitrogens with two attached hydrogens (primary N) is 1. The van der Waals surface area contributed by atoms with Crippen molar-refractivity contribution in [3.63, 3.8) is 0 Å². The summed E-state index contributed by atoms with van der Waals surface area (Å²) in [4.78, 5) is 1.08. The second-order valence-corrected chi connectivity index (χ2v) is 6.25. The molecule has 0 aliphatic heterocycles. The SMILES string of the molecule is CC(C)Cc1c(-c2ccc(Cl)s2)nn(C)c1N. The van der Waals surface area contributed by atoms with Crippen molar-refractivity contribution < 1.29 is 0 Å². The van der Waals surface area contributed by atoms with E-state index in [9.17, 15) is 0 Å². The van der Waals surface area contributed by atoms with E-state index in [1.54, 1.807) is 4.68 Å². The zero-order valence-electron chi connectivity index (χ0n) is 10.2. The van der Waals surface area contributed by atoms with E-state index in [1.807, 2.05) is 19.2 Å². The van der Waals surface area contributed by atoms with Crippen LogP contribution < -0.4 is 5.73 Å². The summed E-state index contributed by atoms with van der Waals surface area (Å²) < 4.78 is 2.51. The fraction of sp³-hybridized carbons (Fsp3) is 0.417. The van der Waals surface area contributed by atoms with Crippen LogP contribution >= 0.6 is 22.9 Å². The Kier molecular flexibility index (Phi) is 3.45. The van der Waals surface area contributed by atoms with Gasteiger partial charge >= 0.3 is 0 Å². The summed E-state index contributed by atoms with van der Waals surface area (Å²) in [6.07, 6.45) is 0.935. The number of thiophene rings is 1. The van der Waals surface area contributed by atoms with E-state index in [4.69, 9.17) is 17.3 Å². The second kappa shape index (κ2) is 4.70. The van der Waals surface area contributed by atoms with Crippen molar-refractivity contribution in [3.8, 4) is 10.6 Å². The van der Waals surface area contributed by atoms with Crippen molar-refractivity contribution in [1.82, 2.24) is 9.78 Å². The lowest BCUT2D eigenvalue weighted by atomic mass is 10.0. The maximum absolute atomic E-state index is 6.07. The van der Waals surface area contributed by atoms with E-state index in [0.717, 1.165) is 32.7 Å². The van der Waals surface area contributed by atoms with E-state index in [1.165, 1.54) is 11.3 Å². The molecular formula is C12H16ClN3S. The van der Waals surface area contributed by atoms with Crippen LogP contribution in [0.2, 0.25) is 4.34 Å². The Morgan fingerprint density at radius 1 is 1.47 bits per heavy atom. The van der Waals surface area contributed by atoms with E-state index in [0.29, 0.717) is 5.92 Å². The van der Waals surface area contributed by atoms with Crippen molar-refractivity contribution in [2.45, 2.75) is 20.3 Å². The number of anilines is 1. The fourth-order valence-electron chi connectivity index (χ4n) is 1.83. The van der Waals surface area contributed by atoms with Gasteiger partial charge in [0.25, 0.3) is 0 Å². The van der Waals surface area contributed by atoms with Crippen LogP contribution in [0.3, 0.4) is 0 Å². The van der Waals surface area contributed by atoms with Gasteiger partial charge in [0.15, 0.2) is 0 Å². The molecule has 0 amide bonds. The molecule has 2 heterocycles. The number of hydrogen-bond donors (Lipinski definition) is 1. The molecular weight excluding hydrogens is 254 g/mol. The topological polar surface area (TPSA) is 43.8 Å². The first kappa shape index (κ1) is 12.5. The van der Waals surface area contributed by atoms with Crippen molar-refractivity contribution in [3.05, 3.63) is 22.0 Å². The number of rotatable bonds is 3. The Morgan fingerprint density at radius 2 is 2.18 bits per heavy atom. The lowest BCUT2D eigenvalue weighted by molar-refractivity contribution is 0.649. The predicted molar refractivity (Wildman–Crippen MR) is 74.5 cm³/mol. The summed E-state index contributed by atoms with van der Waals surface area (Å²) in [6, 6.07) is 3.89. The molecule has 92 valence electrons. The van der Waals surface area contributed by atoms with Crippen LogP contribution in [0.25, 0.3) is 10.6 Å². The van der Waals surface area contributed by atoms with Crippen LogP contribution in [0, 0.1) is 5.92 Å². The largest absolute Gasteiger partial charge is 0.384 e. The van der Waals surface area contributed by atoms with Crippen LogP contribution in [0.1, 0.15) is 19.4 Å². The maximum Gasteiger partial charge on any atom is 0.125 e. The Hall–Kier alpha value is -1.00. The minimum atomic E-state index is 0.552. The van der Waals surface area contributed by atoms with Crippen LogP contribution in [-0.4, -0.2) is 9.78 Å². The second-order valence-electron chi connectivity index (χ2n) is 4.54. The lowest BCUT2D eigenvalue weighted by Gasteiger charge is -2.05. The van der Waals surface area contributed by atoms with Gasteiger partial charge < -0.3 is 5.73 Å². The Bertz CT molecular complexity index is 528. The summed E-state index contributed by atoms with van der Waals surface area (Å²) in [7, 11) is 1.87. The number of halogens is 1. The molecule has 2 aromatic rings. The standard InChI is InChI=1S/C12H16ClN3S/c1-7(2)6-8-11(15-16(3)12(8)14)9-4-5-10(13)17-9/h4-5,7H,6,14H2,1-3H3.